The topological polar surface area (TPSA) is 117 Å². The zero-order valence-corrected chi connectivity index (χ0v) is 15.8. The molecule has 0 bridgehead atoms. The van der Waals surface area contributed by atoms with Crippen LogP contribution in [0.15, 0.2) is 42.9 Å². The number of benzene rings is 1. The van der Waals surface area contributed by atoms with Gasteiger partial charge >= 0.3 is 5.69 Å². The Hall–Kier alpha value is -3.40. The molecule has 0 saturated heterocycles. The van der Waals surface area contributed by atoms with E-state index in [0.29, 0.717) is 22.2 Å². The van der Waals surface area contributed by atoms with E-state index in [2.05, 4.69) is 15.5 Å². The number of nitro groups is 1. The minimum absolute atomic E-state index is 0.134. The fourth-order valence-electron chi connectivity index (χ4n) is 2.54. The van der Waals surface area contributed by atoms with Crippen LogP contribution in [0.5, 0.6) is 5.75 Å². The zero-order chi connectivity index (χ0) is 20.3. The van der Waals surface area contributed by atoms with Gasteiger partial charge in [0.1, 0.15) is 23.7 Å². The van der Waals surface area contributed by atoms with E-state index in [4.69, 9.17) is 16.3 Å². The van der Waals surface area contributed by atoms with Crippen molar-refractivity contribution in [1.29, 1.82) is 0 Å². The molecule has 1 atom stereocenters. The van der Waals surface area contributed by atoms with E-state index in [9.17, 15) is 14.9 Å². The number of hydrogen-bond donors (Lipinski definition) is 1. The van der Waals surface area contributed by atoms with E-state index in [1.807, 2.05) is 0 Å². The number of carbonyl (C=O) groups is 1. The number of nitrogens with zero attached hydrogens (tertiary/aromatic N) is 5. The molecule has 0 fully saturated rings. The van der Waals surface area contributed by atoms with E-state index >= 15 is 0 Å². The summed E-state index contributed by atoms with van der Waals surface area (Å²) in [6.07, 6.45) is 4.21. The van der Waals surface area contributed by atoms with Crippen LogP contribution >= 0.6 is 11.6 Å². The number of hydrogen-bond acceptors (Lipinski definition) is 6. The highest BCUT2D eigenvalue weighted by molar-refractivity contribution is 6.30. The van der Waals surface area contributed by atoms with Crippen LogP contribution in [0.3, 0.4) is 0 Å². The molecule has 0 saturated carbocycles. The lowest BCUT2D eigenvalue weighted by Crippen LogP contribution is -2.25. The molecule has 11 heteroatoms. The molecule has 28 heavy (non-hydrogen) atoms. The van der Waals surface area contributed by atoms with Gasteiger partial charge in [-0.25, -0.2) is 4.68 Å². The molecule has 146 valence electrons. The molecule has 1 aromatic carbocycles. The smallest absolute Gasteiger partial charge is 0.309 e. The molecule has 1 amide bonds. The van der Waals surface area contributed by atoms with Gasteiger partial charge in [0.05, 0.1) is 23.0 Å². The lowest BCUT2D eigenvalue weighted by molar-refractivity contribution is -0.385. The van der Waals surface area contributed by atoms with Gasteiger partial charge in [-0.05, 0) is 32.0 Å². The van der Waals surface area contributed by atoms with Crippen molar-refractivity contribution in [3.05, 3.63) is 63.7 Å². The second-order valence-corrected chi connectivity index (χ2v) is 6.42. The second kappa shape index (κ2) is 8.09. The van der Waals surface area contributed by atoms with Crippen LogP contribution in [0.1, 0.15) is 18.7 Å². The predicted octanol–water partition coefficient (Wildman–Crippen LogP) is 3.19. The number of amides is 1. The van der Waals surface area contributed by atoms with Gasteiger partial charge in [-0.2, -0.15) is 10.2 Å². The predicted molar refractivity (Wildman–Crippen MR) is 101 cm³/mol. The van der Waals surface area contributed by atoms with E-state index in [0.717, 1.165) is 6.20 Å². The molecule has 2 heterocycles. The zero-order valence-electron chi connectivity index (χ0n) is 15.1. The van der Waals surface area contributed by atoms with Crippen LogP contribution in [-0.4, -0.2) is 30.4 Å². The molecule has 0 aliphatic heterocycles. The molecule has 0 aliphatic carbocycles. The first-order valence-electron chi connectivity index (χ1n) is 8.25. The van der Waals surface area contributed by atoms with Crippen LogP contribution in [0.25, 0.3) is 0 Å². The number of aromatic nitrogens is 4. The first-order valence-corrected chi connectivity index (χ1v) is 8.63. The van der Waals surface area contributed by atoms with Crippen LogP contribution in [0, 0.1) is 17.0 Å². The van der Waals surface area contributed by atoms with Gasteiger partial charge < -0.3 is 10.1 Å². The van der Waals surface area contributed by atoms with Gasteiger partial charge in [0, 0.05) is 5.02 Å². The van der Waals surface area contributed by atoms with E-state index in [1.165, 1.54) is 15.6 Å². The maximum atomic E-state index is 12.4. The van der Waals surface area contributed by atoms with Gasteiger partial charge in [-0.1, -0.05) is 17.7 Å². The molecule has 3 rings (SSSR count). The van der Waals surface area contributed by atoms with Crippen molar-refractivity contribution in [3.63, 3.8) is 0 Å². The number of carbonyl (C=O) groups excluding carboxylic acids is 1. The quantitative estimate of drug-likeness (QED) is 0.477. The van der Waals surface area contributed by atoms with Crippen molar-refractivity contribution < 1.29 is 14.5 Å². The number of nitrogens with one attached hydrogen (secondary N) is 1. The molecular weight excluding hydrogens is 388 g/mol. The van der Waals surface area contributed by atoms with E-state index in [-0.39, 0.29) is 18.3 Å². The average molecular weight is 405 g/mol. The van der Waals surface area contributed by atoms with Gasteiger partial charge in [0.25, 0.3) is 0 Å². The minimum atomic E-state index is -0.736. The van der Waals surface area contributed by atoms with Crippen molar-refractivity contribution in [1.82, 2.24) is 19.6 Å². The number of anilines is 1. The van der Waals surface area contributed by atoms with Crippen LogP contribution in [-0.2, 0) is 11.5 Å². The van der Waals surface area contributed by atoms with Crippen molar-refractivity contribution in [2.24, 2.45) is 0 Å². The number of rotatable bonds is 7. The first kappa shape index (κ1) is 19.4. The molecular formula is C17H17ClN6O4. The van der Waals surface area contributed by atoms with Crippen LogP contribution in [0.2, 0.25) is 5.02 Å². The summed E-state index contributed by atoms with van der Waals surface area (Å²) in [4.78, 5) is 22.8. The Bertz CT molecular complexity index is 1010. The SMILES string of the molecule is Cc1c([N+](=O)[O-])cnn1C(C)C(=O)Nc1cnn(COc2cccc(Cl)c2)c1. The molecule has 0 radical (unpaired) electrons. The standard InChI is InChI=1S/C17H17ClN6O4/c1-11-16(24(26)27)8-20-23(11)12(2)17(25)21-14-7-19-22(9-14)10-28-15-5-3-4-13(18)6-15/h3-9,12H,10H2,1-2H3,(H,21,25). The van der Waals surface area contributed by atoms with Gasteiger partial charge in [0.2, 0.25) is 5.91 Å². The molecule has 1 N–H and O–H groups in total. The third kappa shape index (κ3) is 4.29. The largest absolute Gasteiger partial charge is 0.471 e. The van der Waals surface area contributed by atoms with Crippen molar-refractivity contribution in [3.8, 4) is 5.75 Å². The summed E-state index contributed by atoms with van der Waals surface area (Å²) in [5.74, 6) is 0.217. The summed E-state index contributed by atoms with van der Waals surface area (Å²) < 4.78 is 8.39. The fourth-order valence-corrected chi connectivity index (χ4v) is 2.72. The lowest BCUT2D eigenvalue weighted by Gasteiger charge is -2.13. The molecule has 1 unspecified atom stereocenters. The third-order valence-electron chi connectivity index (χ3n) is 4.02. The summed E-state index contributed by atoms with van der Waals surface area (Å²) in [7, 11) is 0. The van der Waals surface area contributed by atoms with Crippen molar-refractivity contribution >= 4 is 28.9 Å². The van der Waals surface area contributed by atoms with Crippen LogP contribution in [0.4, 0.5) is 11.4 Å². The van der Waals surface area contributed by atoms with E-state index in [1.54, 1.807) is 44.3 Å². The Balaban J connectivity index is 1.61. The monoisotopic (exact) mass is 404 g/mol. The molecule has 10 nitrogen and oxygen atoms in total. The highest BCUT2D eigenvalue weighted by Gasteiger charge is 2.24. The maximum absolute atomic E-state index is 12.4. The Morgan fingerprint density at radius 1 is 1.39 bits per heavy atom. The Labute approximate surface area is 164 Å². The highest BCUT2D eigenvalue weighted by Crippen LogP contribution is 2.21. The van der Waals surface area contributed by atoms with Crippen molar-refractivity contribution in [2.75, 3.05) is 5.32 Å². The highest BCUT2D eigenvalue weighted by atomic mass is 35.5. The summed E-state index contributed by atoms with van der Waals surface area (Å²) in [6, 6.07) is 6.23. The normalized spacial score (nSPS) is 11.8. The summed E-state index contributed by atoms with van der Waals surface area (Å²) in [6.45, 7) is 3.28. The third-order valence-corrected chi connectivity index (χ3v) is 4.26. The van der Waals surface area contributed by atoms with E-state index < -0.39 is 11.0 Å². The fraction of sp³-hybridized carbons (Fsp3) is 0.235. The Morgan fingerprint density at radius 3 is 2.86 bits per heavy atom. The van der Waals surface area contributed by atoms with Gasteiger partial charge in [-0.15, -0.1) is 0 Å². The Kier molecular flexibility index (Phi) is 5.59. The molecule has 3 aromatic rings. The lowest BCUT2D eigenvalue weighted by atomic mass is 10.3. The van der Waals surface area contributed by atoms with Crippen LogP contribution < -0.4 is 10.1 Å². The van der Waals surface area contributed by atoms with Gasteiger partial charge in [-0.3, -0.25) is 19.6 Å². The first-order chi connectivity index (χ1) is 13.3. The molecule has 0 spiro atoms. The molecule has 0 aliphatic rings. The maximum Gasteiger partial charge on any atom is 0.309 e. The average Bonchev–Trinajstić information content (AvgIpc) is 3.25. The van der Waals surface area contributed by atoms with Gasteiger partial charge in [0.15, 0.2) is 6.73 Å². The summed E-state index contributed by atoms with van der Waals surface area (Å²) in [5, 5.41) is 22.2. The summed E-state index contributed by atoms with van der Waals surface area (Å²) in [5.41, 5.74) is 0.634. The minimum Gasteiger partial charge on any atom is -0.471 e. The second-order valence-electron chi connectivity index (χ2n) is 5.98. The van der Waals surface area contributed by atoms with Crippen molar-refractivity contribution in [2.45, 2.75) is 26.6 Å². The number of ether oxygens (including phenoxy) is 1. The summed E-state index contributed by atoms with van der Waals surface area (Å²) >= 11 is 5.90. The molecule has 2 aromatic heterocycles. The number of halogens is 1. The Morgan fingerprint density at radius 2 is 2.18 bits per heavy atom.